The number of nitrogen functional groups attached to an aromatic ring is 1. The zero-order valence-electron chi connectivity index (χ0n) is 18.0. The third-order valence-electron chi connectivity index (χ3n) is 6.76. The number of aromatic nitrogens is 3. The Labute approximate surface area is 190 Å². The molecule has 0 atom stereocenters. The second-order valence-electron chi connectivity index (χ2n) is 8.73. The maximum atomic E-state index is 11.5. The molecule has 3 heterocycles. The molecule has 1 saturated carbocycles. The summed E-state index contributed by atoms with van der Waals surface area (Å²) >= 11 is 0. The third kappa shape index (κ3) is 3.22. The van der Waals surface area contributed by atoms with E-state index in [9.17, 15) is 4.79 Å². The van der Waals surface area contributed by atoms with Crippen molar-refractivity contribution in [1.82, 2.24) is 14.5 Å². The zero-order chi connectivity index (χ0) is 22.5. The van der Waals surface area contributed by atoms with Gasteiger partial charge < -0.3 is 16.0 Å². The van der Waals surface area contributed by atoms with Crippen LogP contribution in [-0.2, 0) is 4.79 Å². The van der Waals surface area contributed by atoms with E-state index in [-0.39, 0.29) is 17.9 Å². The van der Waals surface area contributed by atoms with Crippen molar-refractivity contribution in [2.45, 2.75) is 18.9 Å². The monoisotopic (exact) mass is 433 g/mol. The zero-order valence-corrected chi connectivity index (χ0v) is 18.0. The van der Waals surface area contributed by atoms with Crippen LogP contribution in [0.25, 0.3) is 44.2 Å². The first-order valence-corrected chi connectivity index (χ1v) is 11.1. The van der Waals surface area contributed by atoms with Crippen LogP contribution in [0.5, 0.6) is 0 Å². The molecule has 0 unspecified atom stereocenters. The number of fused-ring (bicyclic) bond motifs is 2. The molecule has 6 heteroatoms. The standard InChI is InChI=1S/C27H23N5O/c28-26-25-21(15-32(24(25)10-11-30-26)20-12-19(13-20)27(29)33)18-7-6-17-8-9-22(31-23(17)14-18)16-4-2-1-3-5-16/h1-11,14-15,19-20H,12-13H2,(H2,28,30)(H2,29,33)/t19-,20-. The van der Waals surface area contributed by atoms with Gasteiger partial charge in [0.15, 0.2) is 0 Å². The molecule has 5 aromatic rings. The van der Waals surface area contributed by atoms with Crippen LogP contribution in [0.15, 0.2) is 79.1 Å². The van der Waals surface area contributed by atoms with Crippen LogP contribution < -0.4 is 11.5 Å². The molecule has 33 heavy (non-hydrogen) atoms. The highest BCUT2D eigenvalue weighted by molar-refractivity contribution is 6.03. The first kappa shape index (κ1) is 19.5. The van der Waals surface area contributed by atoms with E-state index in [2.05, 4.69) is 58.2 Å². The summed E-state index contributed by atoms with van der Waals surface area (Å²) in [4.78, 5) is 20.8. The smallest absolute Gasteiger partial charge is 0.220 e. The fraction of sp³-hybridized carbons (Fsp3) is 0.148. The molecule has 162 valence electrons. The highest BCUT2D eigenvalue weighted by Crippen LogP contribution is 2.43. The summed E-state index contributed by atoms with van der Waals surface area (Å²) in [5.41, 5.74) is 17.9. The molecule has 1 aliphatic rings. The lowest BCUT2D eigenvalue weighted by Crippen LogP contribution is -2.36. The minimum absolute atomic E-state index is 0.0589. The first-order chi connectivity index (χ1) is 16.1. The highest BCUT2D eigenvalue weighted by atomic mass is 16.1. The van der Waals surface area contributed by atoms with Gasteiger partial charge in [0, 0.05) is 46.3 Å². The molecule has 0 radical (unpaired) electrons. The number of amides is 1. The number of benzene rings is 2. The van der Waals surface area contributed by atoms with Crippen molar-refractivity contribution in [3.05, 3.63) is 79.1 Å². The van der Waals surface area contributed by atoms with Crippen molar-refractivity contribution < 1.29 is 4.79 Å². The first-order valence-electron chi connectivity index (χ1n) is 11.1. The van der Waals surface area contributed by atoms with Crippen molar-refractivity contribution in [1.29, 1.82) is 0 Å². The normalized spacial score (nSPS) is 17.8. The van der Waals surface area contributed by atoms with E-state index >= 15 is 0 Å². The summed E-state index contributed by atoms with van der Waals surface area (Å²) in [5, 5.41) is 2.01. The number of nitrogens with zero attached hydrogens (tertiary/aromatic N) is 3. The van der Waals surface area contributed by atoms with Gasteiger partial charge in [-0.3, -0.25) is 4.79 Å². The van der Waals surface area contributed by atoms with Gasteiger partial charge in [-0.25, -0.2) is 9.97 Å². The van der Waals surface area contributed by atoms with Gasteiger partial charge in [0.05, 0.1) is 16.7 Å². The van der Waals surface area contributed by atoms with Gasteiger partial charge in [-0.05, 0) is 36.6 Å². The molecule has 4 N–H and O–H groups in total. The SMILES string of the molecule is Nc1nccc2c1c(-c1ccc3ccc(-c4ccccc4)nc3c1)cn2[C@H]1C[C@H](C(N)=O)C1. The predicted molar refractivity (Wildman–Crippen MR) is 131 cm³/mol. The molecule has 6 nitrogen and oxygen atoms in total. The van der Waals surface area contributed by atoms with Crippen LogP contribution in [-0.4, -0.2) is 20.4 Å². The minimum atomic E-state index is -0.223. The molecule has 1 amide bonds. The Balaban J connectivity index is 1.47. The Morgan fingerprint density at radius 1 is 0.970 bits per heavy atom. The topological polar surface area (TPSA) is 99.8 Å². The van der Waals surface area contributed by atoms with E-state index in [1.807, 2.05) is 24.3 Å². The van der Waals surface area contributed by atoms with Gasteiger partial charge in [-0.15, -0.1) is 0 Å². The number of nitrogens with two attached hydrogens (primary N) is 2. The lowest BCUT2D eigenvalue weighted by Gasteiger charge is -2.34. The number of pyridine rings is 2. The molecular weight excluding hydrogens is 410 g/mol. The van der Waals surface area contributed by atoms with Gasteiger partial charge in [0.25, 0.3) is 0 Å². The van der Waals surface area contributed by atoms with Gasteiger partial charge in [0.1, 0.15) is 5.82 Å². The average molecular weight is 434 g/mol. The van der Waals surface area contributed by atoms with E-state index < -0.39 is 0 Å². The maximum Gasteiger partial charge on any atom is 0.220 e. The molecular formula is C27H23N5O. The molecule has 0 aliphatic heterocycles. The Hall–Kier alpha value is -4.19. The fourth-order valence-electron chi connectivity index (χ4n) is 4.85. The molecule has 0 spiro atoms. The van der Waals surface area contributed by atoms with Crippen molar-refractivity contribution in [2.24, 2.45) is 11.7 Å². The minimum Gasteiger partial charge on any atom is -0.383 e. The van der Waals surface area contributed by atoms with Crippen LogP contribution in [0, 0.1) is 5.92 Å². The van der Waals surface area contributed by atoms with E-state index in [0.717, 1.165) is 57.0 Å². The van der Waals surface area contributed by atoms with Gasteiger partial charge in [-0.2, -0.15) is 0 Å². The largest absolute Gasteiger partial charge is 0.383 e. The van der Waals surface area contributed by atoms with Crippen LogP contribution in [0.1, 0.15) is 18.9 Å². The number of carbonyl (C=O) groups is 1. The van der Waals surface area contributed by atoms with Crippen molar-refractivity contribution in [3.63, 3.8) is 0 Å². The molecule has 0 saturated heterocycles. The molecule has 0 bridgehead atoms. The van der Waals surface area contributed by atoms with E-state index in [0.29, 0.717) is 5.82 Å². The Morgan fingerprint density at radius 2 is 1.76 bits per heavy atom. The van der Waals surface area contributed by atoms with E-state index in [4.69, 9.17) is 16.5 Å². The van der Waals surface area contributed by atoms with Crippen molar-refractivity contribution in [3.8, 4) is 22.4 Å². The van der Waals surface area contributed by atoms with Gasteiger partial charge in [0.2, 0.25) is 5.91 Å². The van der Waals surface area contributed by atoms with Crippen LogP contribution in [0.4, 0.5) is 5.82 Å². The summed E-state index contributed by atoms with van der Waals surface area (Å²) in [7, 11) is 0. The third-order valence-corrected chi connectivity index (χ3v) is 6.76. The Kier molecular flexibility index (Phi) is 4.40. The number of hydrogen-bond donors (Lipinski definition) is 2. The van der Waals surface area contributed by atoms with Crippen molar-refractivity contribution in [2.75, 3.05) is 5.73 Å². The number of rotatable bonds is 4. The lowest BCUT2D eigenvalue weighted by molar-refractivity contribution is -0.125. The second-order valence-corrected chi connectivity index (χ2v) is 8.73. The fourth-order valence-corrected chi connectivity index (χ4v) is 4.85. The van der Waals surface area contributed by atoms with Gasteiger partial charge in [-0.1, -0.05) is 48.5 Å². The van der Waals surface area contributed by atoms with Crippen LogP contribution >= 0.6 is 0 Å². The number of carbonyl (C=O) groups excluding carboxylic acids is 1. The summed E-state index contributed by atoms with van der Waals surface area (Å²) in [5.74, 6) is 0.216. The predicted octanol–water partition coefficient (Wildman–Crippen LogP) is 4.94. The summed E-state index contributed by atoms with van der Waals surface area (Å²) in [6.45, 7) is 0. The van der Waals surface area contributed by atoms with E-state index in [1.165, 1.54) is 0 Å². The highest BCUT2D eigenvalue weighted by Gasteiger charge is 2.35. The summed E-state index contributed by atoms with van der Waals surface area (Å²) in [6.07, 6.45) is 5.37. The molecule has 2 aromatic carbocycles. The van der Waals surface area contributed by atoms with Crippen LogP contribution in [0.3, 0.4) is 0 Å². The quantitative estimate of drug-likeness (QED) is 0.419. The number of hydrogen-bond acceptors (Lipinski definition) is 4. The van der Waals surface area contributed by atoms with Crippen molar-refractivity contribution >= 4 is 33.5 Å². The molecule has 3 aromatic heterocycles. The van der Waals surface area contributed by atoms with Crippen LogP contribution in [0.2, 0.25) is 0 Å². The average Bonchev–Trinajstić information content (AvgIpc) is 3.18. The van der Waals surface area contributed by atoms with E-state index in [1.54, 1.807) is 6.20 Å². The summed E-state index contributed by atoms with van der Waals surface area (Å²) in [6, 6.07) is 22.8. The molecule has 1 aliphatic carbocycles. The lowest BCUT2D eigenvalue weighted by atomic mass is 9.79. The summed E-state index contributed by atoms with van der Waals surface area (Å²) < 4.78 is 2.22. The number of primary amides is 1. The maximum absolute atomic E-state index is 11.5. The second kappa shape index (κ2) is 7.45. The Bertz CT molecular complexity index is 1520. The molecule has 6 rings (SSSR count). The number of anilines is 1. The Morgan fingerprint density at radius 3 is 2.55 bits per heavy atom. The molecule has 1 fully saturated rings. The van der Waals surface area contributed by atoms with Gasteiger partial charge >= 0.3 is 0 Å².